The highest BCUT2D eigenvalue weighted by Crippen LogP contribution is 2.53. The number of hydrogen-bond donors (Lipinski definition) is 0. The molecule has 0 fully saturated rings. The Morgan fingerprint density at radius 2 is 1.05 bits per heavy atom. The summed E-state index contributed by atoms with van der Waals surface area (Å²) in [6, 6.07) is 56.4. The van der Waals surface area contributed by atoms with E-state index in [4.69, 9.17) is 0 Å². The molecule has 0 bridgehead atoms. The maximum absolute atomic E-state index is 2.52. The highest BCUT2D eigenvalue weighted by Gasteiger charge is 2.37. The van der Waals surface area contributed by atoms with Gasteiger partial charge in [-0.3, -0.25) is 0 Å². The van der Waals surface area contributed by atoms with Crippen LogP contribution in [-0.2, 0) is 5.41 Å². The molecule has 0 heterocycles. The predicted octanol–water partition coefficient (Wildman–Crippen LogP) is 17.8. The van der Waals surface area contributed by atoms with Crippen molar-refractivity contribution in [2.24, 2.45) is 0 Å². The van der Waals surface area contributed by atoms with Gasteiger partial charge < -0.3 is 0 Å². The highest BCUT2D eigenvalue weighted by molar-refractivity contribution is 6.04. The second-order valence-electron chi connectivity index (χ2n) is 19.2. The zero-order valence-corrected chi connectivity index (χ0v) is 39.9. The Kier molecular flexibility index (Phi) is 12.2. The van der Waals surface area contributed by atoms with Crippen molar-refractivity contribution in [2.45, 2.75) is 113 Å². The highest BCUT2D eigenvalue weighted by atomic mass is 14.4. The summed E-state index contributed by atoms with van der Waals surface area (Å²) < 4.78 is 0. The summed E-state index contributed by atoms with van der Waals surface area (Å²) in [4.78, 5) is 0. The molecular formula is C63H66. The first-order chi connectivity index (χ1) is 30.2. The van der Waals surface area contributed by atoms with E-state index in [0.29, 0.717) is 17.8 Å². The maximum Gasteiger partial charge on any atom is 0.0159 e. The van der Waals surface area contributed by atoms with Gasteiger partial charge in [0.15, 0.2) is 0 Å². The largest absolute Gasteiger partial charge is 0.0645 e. The fourth-order valence-corrected chi connectivity index (χ4v) is 10.6. The van der Waals surface area contributed by atoms with Crippen molar-refractivity contribution >= 4 is 10.8 Å². The Balaban J connectivity index is 0.000000184. The van der Waals surface area contributed by atoms with Gasteiger partial charge in [0.25, 0.3) is 0 Å². The van der Waals surface area contributed by atoms with Crippen molar-refractivity contribution in [3.05, 3.63) is 224 Å². The van der Waals surface area contributed by atoms with Gasteiger partial charge in [-0.25, -0.2) is 0 Å². The van der Waals surface area contributed by atoms with E-state index in [-0.39, 0.29) is 5.41 Å². The van der Waals surface area contributed by atoms with E-state index in [2.05, 4.69) is 235 Å². The lowest BCUT2D eigenvalue weighted by atomic mass is 9.77. The number of hydrogen-bond acceptors (Lipinski definition) is 0. The smallest absolute Gasteiger partial charge is 0.0159 e. The van der Waals surface area contributed by atoms with Gasteiger partial charge in [0, 0.05) is 11.3 Å². The first-order valence-electron chi connectivity index (χ1n) is 23.3. The summed E-state index contributed by atoms with van der Waals surface area (Å²) in [5.41, 5.74) is 26.8. The molecule has 2 aliphatic rings. The van der Waals surface area contributed by atoms with E-state index in [9.17, 15) is 0 Å². The zero-order chi connectivity index (χ0) is 44.7. The first-order valence-corrected chi connectivity index (χ1v) is 23.3. The van der Waals surface area contributed by atoms with E-state index in [0.717, 1.165) is 0 Å². The molecule has 0 N–H and O–H groups in total. The van der Waals surface area contributed by atoms with Crippen LogP contribution in [0.2, 0.25) is 0 Å². The molecule has 3 atom stereocenters. The van der Waals surface area contributed by atoms with Gasteiger partial charge in [0.1, 0.15) is 0 Å². The number of fused-ring (bicyclic) bond motifs is 8. The van der Waals surface area contributed by atoms with Crippen LogP contribution >= 0.6 is 0 Å². The molecular weight excluding hydrogens is 757 g/mol. The minimum Gasteiger partial charge on any atom is -0.0645 e. The lowest BCUT2D eigenvalue weighted by molar-refractivity contribution is 0.617. The molecule has 10 rings (SSSR count). The number of rotatable bonds is 5. The second-order valence-corrected chi connectivity index (χ2v) is 19.2. The molecule has 0 amide bonds. The molecule has 0 saturated carbocycles. The normalized spacial score (nSPS) is 14.9. The van der Waals surface area contributed by atoms with E-state index in [1.807, 2.05) is 0 Å². The fraction of sp³-hybridized carbons (Fsp3) is 0.270. The first kappa shape index (κ1) is 43.7. The number of aryl methyl sites for hydroxylation is 7. The third-order valence-corrected chi connectivity index (χ3v) is 14.7. The molecule has 0 heteroatoms. The zero-order valence-electron chi connectivity index (χ0n) is 39.9. The van der Waals surface area contributed by atoms with Crippen LogP contribution in [0.5, 0.6) is 0 Å². The van der Waals surface area contributed by atoms with Crippen molar-refractivity contribution < 1.29 is 0 Å². The van der Waals surface area contributed by atoms with Crippen LogP contribution in [0.1, 0.15) is 131 Å². The number of benzene rings is 8. The van der Waals surface area contributed by atoms with Crippen molar-refractivity contribution in [1.29, 1.82) is 0 Å². The summed E-state index contributed by atoms with van der Waals surface area (Å²) >= 11 is 0. The van der Waals surface area contributed by atoms with E-state index >= 15 is 0 Å². The van der Waals surface area contributed by atoms with Gasteiger partial charge in [0.05, 0.1) is 0 Å². The van der Waals surface area contributed by atoms with Crippen LogP contribution in [0.25, 0.3) is 44.2 Å². The van der Waals surface area contributed by atoms with Crippen LogP contribution in [0.4, 0.5) is 0 Å². The van der Waals surface area contributed by atoms with E-state index in [1.54, 1.807) is 5.56 Å². The predicted molar refractivity (Wildman–Crippen MR) is 274 cm³/mol. The third kappa shape index (κ3) is 8.11. The third-order valence-electron chi connectivity index (χ3n) is 14.7. The molecule has 8 aromatic rings. The second kappa shape index (κ2) is 17.7. The summed E-state index contributed by atoms with van der Waals surface area (Å²) in [6.07, 6.45) is 1.19. The van der Waals surface area contributed by atoms with Gasteiger partial charge >= 0.3 is 0 Å². The topological polar surface area (TPSA) is 0 Å². The lowest BCUT2D eigenvalue weighted by Gasteiger charge is -2.27. The van der Waals surface area contributed by atoms with Crippen LogP contribution in [0.3, 0.4) is 0 Å². The van der Waals surface area contributed by atoms with Crippen molar-refractivity contribution in [2.75, 3.05) is 0 Å². The van der Waals surface area contributed by atoms with Gasteiger partial charge in [-0.05, 0) is 172 Å². The molecule has 0 aromatic heterocycles. The average molecular weight is 823 g/mol. The van der Waals surface area contributed by atoms with Gasteiger partial charge in [-0.2, -0.15) is 0 Å². The monoisotopic (exact) mass is 823 g/mol. The molecule has 318 valence electrons. The molecule has 0 nitrogen and oxygen atoms in total. The Morgan fingerprint density at radius 3 is 1.75 bits per heavy atom. The van der Waals surface area contributed by atoms with Crippen LogP contribution in [0.15, 0.2) is 152 Å². The molecule has 0 radical (unpaired) electrons. The summed E-state index contributed by atoms with van der Waals surface area (Å²) in [5, 5.41) is 2.75. The Hall–Kier alpha value is -5.98. The SMILES string of the molecule is CCC1c2ccccc2-c2cccc(C)c21.Cc1ccc(C)c(-c2cc(C)ccc2C(C)C(C)c2ccc3c(c2)C(C)(C)c2cc(C)c4ccccc4c2-3)c1.Cc1ccccc1C. The van der Waals surface area contributed by atoms with Crippen LogP contribution in [0, 0.1) is 48.5 Å². The Bertz CT molecular complexity index is 2950. The molecule has 3 unspecified atom stereocenters. The molecule has 0 spiro atoms. The van der Waals surface area contributed by atoms with Crippen molar-refractivity contribution in [3.63, 3.8) is 0 Å². The minimum atomic E-state index is -0.0217. The van der Waals surface area contributed by atoms with Gasteiger partial charge in [-0.1, -0.05) is 197 Å². The summed E-state index contributed by atoms with van der Waals surface area (Å²) in [6.45, 7) is 27.3. The maximum atomic E-state index is 2.52. The Labute approximate surface area is 379 Å². The quantitative estimate of drug-likeness (QED) is 0.162. The van der Waals surface area contributed by atoms with E-state index in [1.165, 1.54) is 117 Å². The van der Waals surface area contributed by atoms with Gasteiger partial charge in [-0.15, -0.1) is 0 Å². The fourth-order valence-electron chi connectivity index (χ4n) is 10.6. The minimum absolute atomic E-state index is 0.0217. The Morgan fingerprint density at radius 1 is 0.444 bits per heavy atom. The van der Waals surface area contributed by atoms with Crippen LogP contribution in [-0.4, -0.2) is 0 Å². The van der Waals surface area contributed by atoms with E-state index < -0.39 is 0 Å². The molecule has 0 saturated heterocycles. The van der Waals surface area contributed by atoms with Crippen molar-refractivity contribution in [3.8, 4) is 33.4 Å². The summed E-state index contributed by atoms with van der Waals surface area (Å²) in [5.74, 6) is 1.38. The van der Waals surface area contributed by atoms with Crippen LogP contribution < -0.4 is 0 Å². The standard InChI is InChI=1S/C39H40.C16H16.C8H10/c1-23-13-15-25(3)34(19-23)35-20-24(2)14-17-31(35)28(6)27(5)29-16-18-33-36(22-29)39(7,8)37-21-26(4)30-11-9-10-12-32(30)38(33)37;1-3-12-13-8-4-5-9-14(13)15-10-6-7-11(2)16(12)15;1-7-5-3-4-6-8(7)2/h9-22,27-28H,1-8H3;4-10,12H,3H2,1-2H3;3-6H,1-2H3. The van der Waals surface area contributed by atoms with Gasteiger partial charge in [0.2, 0.25) is 0 Å². The molecule has 0 aliphatic heterocycles. The molecule has 8 aromatic carbocycles. The average Bonchev–Trinajstić information content (AvgIpc) is 3.74. The summed E-state index contributed by atoms with van der Waals surface area (Å²) in [7, 11) is 0. The molecule has 2 aliphatic carbocycles. The lowest BCUT2D eigenvalue weighted by Crippen LogP contribution is -2.16. The molecule has 63 heavy (non-hydrogen) atoms. The van der Waals surface area contributed by atoms with Crippen molar-refractivity contribution in [1.82, 2.24) is 0 Å².